The number of carbonyl (C=O) groups is 2. The van der Waals surface area contributed by atoms with Crippen LogP contribution in [0.1, 0.15) is 19.3 Å². The standard InChI is InChI=1S/C6H9NO3/c8-5-3-1-2-4(7-5)6(9)10/h4H,1-3H2,(H,7,8)(H,9,10)/p-1. The molecule has 56 valence electrons. The van der Waals surface area contributed by atoms with E-state index < -0.39 is 12.0 Å². The number of aliphatic carboxylic acids is 1. The molecule has 0 aromatic rings. The van der Waals surface area contributed by atoms with Gasteiger partial charge in [-0.05, 0) is 12.8 Å². The van der Waals surface area contributed by atoms with E-state index in [-0.39, 0.29) is 5.91 Å². The Morgan fingerprint density at radius 1 is 1.70 bits per heavy atom. The van der Waals surface area contributed by atoms with E-state index in [9.17, 15) is 14.7 Å². The van der Waals surface area contributed by atoms with Crippen molar-refractivity contribution in [2.24, 2.45) is 0 Å². The number of hydrogen-bond acceptors (Lipinski definition) is 3. The van der Waals surface area contributed by atoms with Crippen molar-refractivity contribution in [1.29, 1.82) is 0 Å². The third-order valence-corrected chi connectivity index (χ3v) is 1.52. The molecule has 1 heterocycles. The van der Waals surface area contributed by atoms with Crippen LogP contribution >= 0.6 is 0 Å². The van der Waals surface area contributed by atoms with E-state index in [1.807, 2.05) is 0 Å². The third kappa shape index (κ3) is 1.46. The molecule has 1 N–H and O–H groups in total. The molecule has 4 nitrogen and oxygen atoms in total. The number of rotatable bonds is 1. The quantitative estimate of drug-likeness (QED) is 0.479. The van der Waals surface area contributed by atoms with Crippen molar-refractivity contribution in [1.82, 2.24) is 5.32 Å². The number of carboxylic acid groups (broad SMARTS) is 1. The summed E-state index contributed by atoms with van der Waals surface area (Å²) >= 11 is 0. The van der Waals surface area contributed by atoms with E-state index in [2.05, 4.69) is 5.32 Å². The van der Waals surface area contributed by atoms with E-state index in [1.165, 1.54) is 0 Å². The molecular weight excluding hydrogens is 134 g/mol. The lowest BCUT2D eigenvalue weighted by Crippen LogP contribution is -2.50. The Balaban J connectivity index is 2.47. The van der Waals surface area contributed by atoms with Gasteiger partial charge in [-0.3, -0.25) is 4.79 Å². The van der Waals surface area contributed by atoms with Gasteiger partial charge in [0, 0.05) is 6.42 Å². The molecule has 0 aliphatic carbocycles. The number of carbonyl (C=O) groups excluding carboxylic acids is 2. The molecule has 1 amide bonds. The van der Waals surface area contributed by atoms with Crippen LogP contribution in [0.15, 0.2) is 0 Å². The molecule has 0 bridgehead atoms. The average molecular weight is 142 g/mol. The average Bonchev–Trinajstić information content (AvgIpc) is 1.88. The maximum absolute atomic E-state index is 10.6. The van der Waals surface area contributed by atoms with Crippen LogP contribution in [0.2, 0.25) is 0 Å². The first-order valence-electron chi connectivity index (χ1n) is 3.20. The lowest BCUT2D eigenvalue weighted by atomic mass is 10.1. The summed E-state index contributed by atoms with van der Waals surface area (Å²) in [5, 5.41) is 12.5. The van der Waals surface area contributed by atoms with Gasteiger partial charge in [-0.15, -0.1) is 0 Å². The molecule has 1 fully saturated rings. The highest BCUT2D eigenvalue weighted by molar-refractivity contribution is 5.83. The van der Waals surface area contributed by atoms with Gasteiger partial charge >= 0.3 is 0 Å². The number of hydrogen-bond donors (Lipinski definition) is 1. The highest BCUT2D eigenvalue weighted by Gasteiger charge is 2.17. The number of carboxylic acids is 1. The first kappa shape index (κ1) is 7.05. The van der Waals surface area contributed by atoms with Crippen LogP contribution in [0.4, 0.5) is 0 Å². The molecule has 1 unspecified atom stereocenters. The maximum atomic E-state index is 10.6. The zero-order valence-corrected chi connectivity index (χ0v) is 5.42. The number of nitrogens with one attached hydrogen (secondary N) is 1. The minimum absolute atomic E-state index is 0.194. The van der Waals surface area contributed by atoms with Gasteiger partial charge in [-0.1, -0.05) is 0 Å². The van der Waals surface area contributed by atoms with Crippen molar-refractivity contribution in [2.45, 2.75) is 25.3 Å². The van der Waals surface area contributed by atoms with Crippen LogP contribution in [0.25, 0.3) is 0 Å². The van der Waals surface area contributed by atoms with E-state index in [1.54, 1.807) is 0 Å². The predicted molar refractivity (Wildman–Crippen MR) is 30.8 cm³/mol. The summed E-state index contributed by atoms with van der Waals surface area (Å²) in [6.45, 7) is 0. The molecule has 0 aromatic heterocycles. The number of piperidine rings is 1. The van der Waals surface area contributed by atoms with E-state index in [4.69, 9.17) is 0 Å². The molecule has 1 atom stereocenters. The zero-order chi connectivity index (χ0) is 7.56. The summed E-state index contributed by atoms with van der Waals surface area (Å²) in [5.41, 5.74) is 0. The van der Waals surface area contributed by atoms with Gasteiger partial charge in [0.1, 0.15) is 0 Å². The molecule has 4 heteroatoms. The van der Waals surface area contributed by atoms with Gasteiger partial charge in [0.2, 0.25) is 5.91 Å². The maximum Gasteiger partial charge on any atom is 0.220 e. The predicted octanol–water partition coefficient (Wildman–Crippen LogP) is -1.59. The van der Waals surface area contributed by atoms with Gasteiger partial charge < -0.3 is 15.2 Å². The fraction of sp³-hybridized carbons (Fsp3) is 0.667. The molecular formula is C6H8NO3-. The summed E-state index contributed by atoms with van der Waals surface area (Å²) in [6, 6.07) is -0.763. The Bertz CT molecular complexity index is 164. The Morgan fingerprint density at radius 2 is 2.40 bits per heavy atom. The summed E-state index contributed by atoms with van der Waals surface area (Å²) in [7, 11) is 0. The second-order valence-electron chi connectivity index (χ2n) is 2.33. The highest BCUT2D eigenvalue weighted by Crippen LogP contribution is 2.06. The summed E-state index contributed by atoms with van der Waals surface area (Å²) in [5.74, 6) is -1.38. The van der Waals surface area contributed by atoms with E-state index in [0.29, 0.717) is 19.3 Å². The first-order valence-corrected chi connectivity index (χ1v) is 3.20. The van der Waals surface area contributed by atoms with Crippen LogP contribution in [0.5, 0.6) is 0 Å². The van der Waals surface area contributed by atoms with Gasteiger partial charge in [0.25, 0.3) is 0 Å². The summed E-state index contributed by atoms with van der Waals surface area (Å²) < 4.78 is 0. The van der Waals surface area contributed by atoms with Crippen molar-refractivity contribution in [3.8, 4) is 0 Å². The van der Waals surface area contributed by atoms with Crippen molar-refractivity contribution >= 4 is 11.9 Å². The SMILES string of the molecule is O=C1CCCC(C(=O)[O-])N1. The normalized spacial score (nSPS) is 25.6. The van der Waals surface area contributed by atoms with Crippen molar-refractivity contribution in [3.05, 3.63) is 0 Å². The fourth-order valence-electron chi connectivity index (χ4n) is 0.982. The van der Waals surface area contributed by atoms with Crippen LogP contribution in [-0.2, 0) is 9.59 Å². The van der Waals surface area contributed by atoms with Crippen LogP contribution < -0.4 is 10.4 Å². The molecule has 1 saturated heterocycles. The first-order chi connectivity index (χ1) is 4.70. The summed E-state index contributed by atoms with van der Waals surface area (Å²) in [6.07, 6.45) is 1.57. The van der Waals surface area contributed by atoms with E-state index in [0.717, 1.165) is 0 Å². The topological polar surface area (TPSA) is 69.2 Å². The van der Waals surface area contributed by atoms with Crippen molar-refractivity contribution in [3.63, 3.8) is 0 Å². The van der Waals surface area contributed by atoms with Gasteiger partial charge in [-0.25, -0.2) is 0 Å². The van der Waals surface area contributed by atoms with Crippen molar-refractivity contribution < 1.29 is 14.7 Å². The van der Waals surface area contributed by atoms with Gasteiger partial charge in [-0.2, -0.15) is 0 Å². The lowest BCUT2D eigenvalue weighted by molar-refractivity contribution is -0.308. The minimum Gasteiger partial charge on any atom is -0.548 e. The molecule has 10 heavy (non-hydrogen) atoms. The Labute approximate surface area is 58.2 Å². The molecule has 0 saturated carbocycles. The largest absolute Gasteiger partial charge is 0.548 e. The van der Waals surface area contributed by atoms with E-state index >= 15 is 0 Å². The summed E-state index contributed by atoms with van der Waals surface area (Å²) in [4.78, 5) is 20.7. The number of amides is 1. The molecule has 0 aromatic carbocycles. The van der Waals surface area contributed by atoms with Crippen LogP contribution in [0, 0.1) is 0 Å². The third-order valence-electron chi connectivity index (χ3n) is 1.52. The van der Waals surface area contributed by atoms with Gasteiger partial charge in [0.05, 0.1) is 12.0 Å². The highest BCUT2D eigenvalue weighted by atomic mass is 16.4. The van der Waals surface area contributed by atoms with Crippen LogP contribution in [0.3, 0.4) is 0 Å². The molecule has 0 spiro atoms. The van der Waals surface area contributed by atoms with Crippen LogP contribution in [-0.4, -0.2) is 17.9 Å². The second-order valence-corrected chi connectivity index (χ2v) is 2.33. The molecule has 0 radical (unpaired) electrons. The van der Waals surface area contributed by atoms with Gasteiger partial charge in [0.15, 0.2) is 0 Å². The second kappa shape index (κ2) is 2.68. The Kier molecular flexibility index (Phi) is 1.89. The minimum atomic E-state index is -1.19. The zero-order valence-electron chi connectivity index (χ0n) is 5.42. The molecule has 1 aliphatic heterocycles. The monoisotopic (exact) mass is 142 g/mol. The smallest absolute Gasteiger partial charge is 0.220 e. The lowest BCUT2D eigenvalue weighted by Gasteiger charge is -2.23. The molecule has 1 rings (SSSR count). The molecule has 1 aliphatic rings. The Hall–Kier alpha value is -1.06. The Morgan fingerprint density at radius 3 is 2.80 bits per heavy atom. The fourth-order valence-corrected chi connectivity index (χ4v) is 0.982. The van der Waals surface area contributed by atoms with Crippen molar-refractivity contribution in [2.75, 3.05) is 0 Å².